The summed E-state index contributed by atoms with van der Waals surface area (Å²) in [6, 6.07) is 8.61. The van der Waals surface area contributed by atoms with Gasteiger partial charge in [-0.05, 0) is 55.0 Å². The van der Waals surface area contributed by atoms with Crippen molar-refractivity contribution in [2.24, 2.45) is 11.7 Å². The summed E-state index contributed by atoms with van der Waals surface area (Å²) in [5.41, 5.74) is 6.73. The zero-order valence-corrected chi connectivity index (χ0v) is 22.3. The van der Waals surface area contributed by atoms with Crippen molar-refractivity contribution in [3.8, 4) is 0 Å². The van der Waals surface area contributed by atoms with Crippen LogP contribution in [0.4, 0.5) is 4.39 Å². The monoisotopic (exact) mass is 554 g/mol. The maximum Gasteiger partial charge on any atom is 0.277 e. The molecule has 1 aromatic heterocycles. The van der Waals surface area contributed by atoms with E-state index in [2.05, 4.69) is 15.0 Å². The molecular weight excluding hydrogens is 527 g/mol. The SMILES string of the molecule is CC(C)C[C@H](C(=O)NCCCCNS(=O)(=O)c1ccc(F)cc1Cl)c1cccc2sc(C(N)=O)nc12. The highest BCUT2D eigenvalue weighted by Gasteiger charge is 2.25. The average molecular weight is 555 g/mol. The van der Waals surface area contributed by atoms with E-state index in [0.29, 0.717) is 31.3 Å². The first-order chi connectivity index (χ1) is 17.0. The number of hydrogen-bond acceptors (Lipinski definition) is 6. The van der Waals surface area contributed by atoms with Gasteiger partial charge in [-0.1, -0.05) is 37.6 Å². The summed E-state index contributed by atoms with van der Waals surface area (Å²) in [6.45, 7) is 4.53. The third-order valence-electron chi connectivity index (χ3n) is 5.44. The number of aromatic nitrogens is 1. The summed E-state index contributed by atoms with van der Waals surface area (Å²) >= 11 is 7.04. The van der Waals surface area contributed by atoms with Crippen LogP contribution < -0.4 is 15.8 Å². The maximum absolute atomic E-state index is 13.2. The molecule has 1 heterocycles. The number of carbonyl (C=O) groups excluding carboxylic acids is 2. The van der Waals surface area contributed by atoms with Crippen LogP contribution in [0.1, 0.15) is 54.4 Å². The van der Waals surface area contributed by atoms with Gasteiger partial charge in [-0.15, -0.1) is 11.3 Å². The van der Waals surface area contributed by atoms with Gasteiger partial charge in [0.15, 0.2) is 5.01 Å². The number of nitrogens with one attached hydrogen (secondary N) is 2. The van der Waals surface area contributed by atoms with Gasteiger partial charge >= 0.3 is 0 Å². The number of halogens is 2. The van der Waals surface area contributed by atoms with Crippen molar-refractivity contribution >= 4 is 55.0 Å². The van der Waals surface area contributed by atoms with Crippen molar-refractivity contribution in [2.75, 3.05) is 13.1 Å². The number of carbonyl (C=O) groups is 2. The number of unbranched alkanes of at least 4 members (excludes halogenated alkanes) is 1. The summed E-state index contributed by atoms with van der Waals surface area (Å²) in [5.74, 6) is -1.62. The van der Waals surface area contributed by atoms with E-state index in [9.17, 15) is 22.4 Å². The lowest BCUT2D eigenvalue weighted by atomic mass is 9.89. The quantitative estimate of drug-likeness (QED) is 0.289. The van der Waals surface area contributed by atoms with Crippen LogP contribution in [0.5, 0.6) is 0 Å². The number of primary amides is 1. The Bertz CT molecular complexity index is 1360. The van der Waals surface area contributed by atoms with Crippen molar-refractivity contribution < 1.29 is 22.4 Å². The molecule has 0 saturated carbocycles. The number of benzene rings is 2. The van der Waals surface area contributed by atoms with Crippen LogP contribution >= 0.6 is 22.9 Å². The lowest BCUT2D eigenvalue weighted by molar-refractivity contribution is -0.122. The lowest BCUT2D eigenvalue weighted by Gasteiger charge is -2.19. The van der Waals surface area contributed by atoms with Crippen molar-refractivity contribution in [1.82, 2.24) is 15.0 Å². The molecule has 0 bridgehead atoms. The summed E-state index contributed by atoms with van der Waals surface area (Å²) in [5, 5.41) is 2.94. The topological polar surface area (TPSA) is 131 Å². The van der Waals surface area contributed by atoms with Crippen LogP contribution in [0, 0.1) is 11.7 Å². The van der Waals surface area contributed by atoms with E-state index in [1.807, 2.05) is 32.0 Å². The molecule has 4 N–H and O–H groups in total. The number of thiazole rings is 1. The van der Waals surface area contributed by atoms with Crippen LogP contribution in [-0.4, -0.2) is 38.3 Å². The van der Waals surface area contributed by atoms with E-state index < -0.39 is 27.7 Å². The Morgan fingerprint density at radius 3 is 2.56 bits per heavy atom. The highest BCUT2D eigenvalue weighted by atomic mass is 35.5. The summed E-state index contributed by atoms with van der Waals surface area (Å²) in [7, 11) is -3.87. The Morgan fingerprint density at radius 2 is 1.89 bits per heavy atom. The van der Waals surface area contributed by atoms with Gasteiger partial charge in [0.25, 0.3) is 5.91 Å². The van der Waals surface area contributed by atoms with Gasteiger partial charge in [0.05, 0.1) is 21.2 Å². The van der Waals surface area contributed by atoms with E-state index in [4.69, 9.17) is 17.3 Å². The predicted molar refractivity (Wildman–Crippen MR) is 139 cm³/mol. The van der Waals surface area contributed by atoms with Gasteiger partial charge < -0.3 is 11.1 Å². The predicted octanol–water partition coefficient (Wildman–Crippen LogP) is 4.19. The van der Waals surface area contributed by atoms with Crippen LogP contribution in [0.15, 0.2) is 41.3 Å². The van der Waals surface area contributed by atoms with E-state index in [1.54, 1.807) is 0 Å². The van der Waals surface area contributed by atoms with Gasteiger partial charge in [-0.25, -0.2) is 22.5 Å². The van der Waals surface area contributed by atoms with E-state index in [1.165, 1.54) is 11.3 Å². The molecule has 0 aliphatic heterocycles. The van der Waals surface area contributed by atoms with Gasteiger partial charge in [0, 0.05) is 13.1 Å². The Hall–Kier alpha value is -2.60. The first-order valence-corrected chi connectivity index (χ1v) is 14.1. The molecule has 3 rings (SSSR count). The third kappa shape index (κ3) is 7.00. The van der Waals surface area contributed by atoms with Gasteiger partial charge in [-0.2, -0.15) is 0 Å². The number of para-hydroxylation sites is 1. The van der Waals surface area contributed by atoms with Gasteiger partial charge in [0.1, 0.15) is 10.7 Å². The molecule has 0 spiro atoms. The minimum Gasteiger partial charge on any atom is -0.364 e. The molecule has 2 amide bonds. The second-order valence-corrected chi connectivity index (χ2v) is 11.9. The molecule has 0 fully saturated rings. The maximum atomic E-state index is 13.2. The standard InChI is InChI=1S/C24H28ClFN4O4S2/c1-14(2)12-17(16-6-5-7-19-21(16)30-24(35-19)22(27)31)23(32)28-10-3-4-11-29-36(33,34)20-9-8-15(26)13-18(20)25/h5-9,13-14,17,29H,3-4,10-12H2,1-2H3,(H2,27,31)(H,28,32)/t17-/m0/s1. The molecule has 0 unspecified atom stereocenters. The fraction of sp³-hybridized carbons (Fsp3) is 0.375. The minimum absolute atomic E-state index is 0.134. The second kappa shape index (κ2) is 12.1. The van der Waals surface area contributed by atoms with Crippen LogP contribution in [0.3, 0.4) is 0 Å². The largest absolute Gasteiger partial charge is 0.364 e. The molecule has 0 saturated heterocycles. The summed E-state index contributed by atoms with van der Waals surface area (Å²) in [4.78, 5) is 28.9. The summed E-state index contributed by atoms with van der Waals surface area (Å²) < 4.78 is 41.2. The number of rotatable bonds is 12. The van der Waals surface area contributed by atoms with E-state index >= 15 is 0 Å². The number of amides is 2. The Balaban J connectivity index is 1.58. The lowest BCUT2D eigenvalue weighted by Crippen LogP contribution is -2.32. The van der Waals surface area contributed by atoms with E-state index in [-0.39, 0.29) is 33.3 Å². The van der Waals surface area contributed by atoms with Crippen LogP contribution in [0.25, 0.3) is 10.2 Å². The molecule has 1 atom stereocenters. The fourth-order valence-electron chi connectivity index (χ4n) is 3.77. The van der Waals surface area contributed by atoms with Gasteiger partial charge in [-0.3, -0.25) is 9.59 Å². The molecule has 2 aromatic carbocycles. The highest BCUT2D eigenvalue weighted by molar-refractivity contribution is 7.89. The first kappa shape index (κ1) is 28.0. The molecule has 194 valence electrons. The summed E-state index contributed by atoms with van der Waals surface area (Å²) in [6.07, 6.45) is 1.59. The number of hydrogen-bond donors (Lipinski definition) is 3. The molecular formula is C24H28ClFN4O4S2. The minimum atomic E-state index is -3.87. The van der Waals surface area contributed by atoms with Crippen LogP contribution in [0.2, 0.25) is 5.02 Å². The third-order valence-corrected chi connectivity index (χ3v) is 8.42. The zero-order valence-electron chi connectivity index (χ0n) is 19.9. The first-order valence-electron chi connectivity index (χ1n) is 11.4. The van der Waals surface area contributed by atoms with Crippen molar-refractivity contribution in [1.29, 1.82) is 0 Å². The highest BCUT2D eigenvalue weighted by Crippen LogP contribution is 2.33. The number of nitrogens with two attached hydrogens (primary N) is 1. The molecule has 3 aromatic rings. The zero-order chi connectivity index (χ0) is 26.5. The molecule has 8 nitrogen and oxygen atoms in total. The van der Waals surface area contributed by atoms with E-state index in [0.717, 1.165) is 28.5 Å². The van der Waals surface area contributed by atoms with Crippen LogP contribution in [-0.2, 0) is 14.8 Å². The van der Waals surface area contributed by atoms with Crippen molar-refractivity contribution in [3.63, 3.8) is 0 Å². The molecule has 12 heteroatoms. The Kier molecular flexibility index (Phi) is 9.40. The van der Waals surface area contributed by atoms with Crippen molar-refractivity contribution in [3.05, 3.63) is 57.8 Å². The number of nitrogens with zero attached hydrogens (tertiary/aromatic N) is 1. The Labute approximate surface area is 218 Å². The number of sulfonamides is 1. The molecule has 0 aliphatic rings. The van der Waals surface area contributed by atoms with Gasteiger partial charge in [0.2, 0.25) is 15.9 Å². The molecule has 0 aliphatic carbocycles. The fourth-order valence-corrected chi connectivity index (χ4v) is 6.22. The average Bonchev–Trinajstić information content (AvgIpc) is 3.24. The Morgan fingerprint density at radius 1 is 1.17 bits per heavy atom. The normalized spacial score (nSPS) is 12.7. The molecule has 36 heavy (non-hydrogen) atoms. The van der Waals surface area contributed by atoms with Crippen molar-refractivity contribution in [2.45, 2.75) is 43.9 Å². The number of fused-ring (bicyclic) bond motifs is 1. The second-order valence-electron chi connectivity index (χ2n) is 8.73. The molecule has 0 radical (unpaired) electrons. The smallest absolute Gasteiger partial charge is 0.277 e.